The van der Waals surface area contributed by atoms with Gasteiger partial charge >= 0.3 is 7.12 Å². The van der Waals surface area contributed by atoms with Crippen molar-refractivity contribution in [1.82, 2.24) is 0 Å². The number of hydrogen-bond donors (Lipinski definition) is 4. The Morgan fingerprint density at radius 3 is 2.74 bits per heavy atom. The predicted octanol–water partition coefficient (Wildman–Crippen LogP) is -0.540. The van der Waals surface area contributed by atoms with Gasteiger partial charge in [-0.1, -0.05) is 6.07 Å². The van der Waals surface area contributed by atoms with Gasteiger partial charge in [-0.3, -0.25) is 9.52 Å². The van der Waals surface area contributed by atoms with Gasteiger partial charge in [0, 0.05) is 24.0 Å². The fourth-order valence-electron chi connectivity index (χ4n) is 2.90. The molecule has 6 N–H and O–H groups in total. The molecule has 1 amide bonds. The van der Waals surface area contributed by atoms with Gasteiger partial charge in [0.25, 0.3) is 15.9 Å². The summed E-state index contributed by atoms with van der Waals surface area (Å²) in [7, 11) is -3.97. The number of carbonyl (C=O) groups is 1. The summed E-state index contributed by atoms with van der Waals surface area (Å²) in [5.41, 5.74) is 12.8. The van der Waals surface area contributed by atoms with Crippen molar-refractivity contribution in [1.29, 1.82) is 0 Å². The van der Waals surface area contributed by atoms with Gasteiger partial charge in [0.15, 0.2) is 6.10 Å². The van der Waals surface area contributed by atoms with Gasteiger partial charge in [-0.2, -0.15) is 0 Å². The van der Waals surface area contributed by atoms with E-state index in [1.54, 1.807) is 12.1 Å². The van der Waals surface area contributed by atoms with Gasteiger partial charge < -0.3 is 25.9 Å². The Balaban J connectivity index is 2.01. The molecule has 1 aliphatic heterocycles. The molecule has 1 atom stereocenters. The van der Waals surface area contributed by atoms with Crippen LogP contribution >= 0.6 is 0 Å². The highest BCUT2D eigenvalue weighted by Gasteiger charge is 2.30. The van der Waals surface area contributed by atoms with Crippen molar-refractivity contribution in [3.63, 3.8) is 0 Å². The number of carbonyl (C=O) groups excluding carboxylic acids is 1. The van der Waals surface area contributed by atoms with E-state index in [1.165, 1.54) is 31.4 Å². The number of amides is 1. The lowest BCUT2D eigenvalue weighted by atomic mass is 9.79. The molecule has 142 valence electrons. The Morgan fingerprint density at radius 2 is 2.07 bits per heavy atom. The summed E-state index contributed by atoms with van der Waals surface area (Å²) in [4.78, 5) is 11.4. The van der Waals surface area contributed by atoms with Crippen LogP contribution in [0.5, 0.6) is 0 Å². The number of methoxy groups -OCH3 is 1. The van der Waals surface area contributed by atoms with Crippen LogP contribution in [0.2, 0.25) is 0 Å². The minimum Gasteiger partial charge on any atom is -0.423 e. The molecular weight excluding hydrogens is 373 g/mol. The number of sulfonamides is 1. The number of rotatable bonds is 6. The first-order chi connectivity index (χ1) is 12.7. The van der Waals surface area contributed by atoms with Crippen LogP contribution in [0, 0.1) is 0 Å². The van der Waals surface area contributed by atoms with E-state index < -0.39 is 29.2 Å². The number of primary amides is 1. The van der Waals surface area contributed by atoms with Crippen LogP contribution < -0.4 is 21.7 Å². The molecular formula is C16H18BN3O6S. The molecule has 27 heavy (non-hydrogen) atoms. The molecule has 11 heteroatoms. The van der Waals surface area contributed by atoms with Crippen LogP contribution in [0.3, 0.4) is 0 Å². The van der Waals surface area contributed by atoms with Crippen LogP contribution in [-0.4, -0.2) is 33.6 Å². The fourth-order valence-corrected chi connectivity index (χ4v) is 4.17. The molecule has 0 spiro atoms. The lowest BCUT2D eigenvalue weighted by Crippen LogP contribution is -2.29. The molecule has 0 radical (unpaired) electrons. The quantitative estimate of drug-likeness (QED) is 0.381. The first-order valence-corrected chi connectivity index (χ1v) is 9.38. The van der Waals surface area contributed by atoms with Gasteiger partial charge in [0.05, 0.1) is 11.5 Å². The van der Waals surface area contributed by atoms with E-state index in [9.17, 15) is 18.2 Å². The third-order valence-corrected chi connectivity index (χ3v) is 5.62. The second-order valence-electron chi connectivity index (χ2n) is 6.00. The van der Waals surface area contributed by atoms with E-state index in [4.69, 9.17) is 20.9 Å². The van der Waals surface area contributed by atoms with Crippen LogP contribution in [0.15, 0.2) is 41.3 Å². The van der Waals surface area contributed by atoms with E-state index in [1.807, 2.05) is 0 Å². The number of nitrogens with two attached hydrogens (primary N) is 2. The summed E-state index contributed by atoms with van der Waals surface area (Å²) < 4.78 is 38.4. The number of benzene rings is 2. The topological polar surface area (TPSA) is 154 Å². The number of anilines is 2. The third kappa shape index (κ3) is 3.76. The Bertz CT molecular complexity index is 998. The zero-order valence-corrected chi connectivity index (χ0v) is 15.2. The molecule has 2 aromatic rings. The van der Waals surface area contributed by atoms with Crippen LogP contribution in [0.1, 0.15) is 17.2 Å². The molecule has 0 bridgehead atoms. The van der Waals surface area contributed by atoms with Crippen LogP contribution in [-0.2, 0) is 30.8 Å². The van der Waals surface area contributed by atoms with E-state index in [2.05, 4.69) is 4.72 Å². The van der Waals surface area contributed by atoms with Gasteiger partial charge in [0.1, 0.15) is 0 Å². The highest BCUT2D eigenvalue weighted by molar-refractivity contribution is 7.92. The van der Waals surface area contributed by atoms with Gasteiger partial charge in [0.2, 0.25) is 0 Å². The van der Waals surface area contributed by atoms with E-state index in [-0.39, 0.29) is 28.4 Å². The van der Waals surface area contributed by atoms with Gasteiger partial charge in [-0.25, -0.2) is 8.42 Å². The second kappa shape index (κ2) is 7.20. The predicted molar refractivity (Wildman–Crippen MR) is 99.4 cm³/mol. The molecule has 0 saturated carbocycles. The Kier molecular flexibility index (Phi) is 5.11. The largest absolute Gasteiger partial charge is 0.491 e. The average molecular weight is 391 g/mol. The molecule has 1 heterocycles. The third-order valence-electron chi connectivity index (χ3n) is 4.16. The van der Waals surface area contributed by atoms with Crippen molar-refractivity contribution >= 4 is 39.9 Å². The number of nitrogens with one attached hydrogen (secondary N) is 1. The maximum absolute atomic E-state index is 12.9. The number of nitrogen functional groups attached to an aromatic ring is 1. The zero-order valence-electron chi connectivity index (χ0n) is 14.4. The van der Waals surface area contributed by atoms with Gasteiger partial charge in [-0.05, 0) is 41.4 Å². The highest BCUT2D eigenvalue weighted by Crippen LogP contribution is 2.28. The molecule has 0 saturated heterocycles. The minimum atomic E-state index is -4.10. The molecule has 2 aromatic carbocycles. The highest BCUT2D eigenvalue weighted by atomic mass is 32.2. The standard InChI is InChI=1S/C16H18BN3O6S/c1-25-15(16(19)21)12-6-10(18)3-5-14(12)27(23,24)20-11-4-2-9-8-26-17(22)13(9)7-11/h2-7,15,20,22H,8,18H2,1H3,(H2,19,21). The van der Waals surface area contributed by atoms with Crippen molar-refractivity contribution in [2.24, 2.45) is 5.73 Å². The monoisotopic (exact) mass is 391 g/mol. The average Bonchev–Trinajstić information content (AvgIpc) is 2.95. The van der Waals surface area contributed by atoms with E-state index >= 15 is 0 Å². The summed E-state index contributed by atoms with van der Waals surface area (Å²) in [5, 5.41) is 9.78. The van der Waals surface area contributed by atoms with Crippen molar-refractivity contribution in [3.8, 4) is 0 Å². The fraction of sp³-hybridized carbons (Fsp3) is 0.188. The lowest BCUT2D eigenvalue weighted by molar-refractivity contribution is -0.128. The number of fused-ring (bicyclic) bond motifs is 1. The molecule has 3 rings (SSSR count). The Hall–Kier alpha value is -2.60. The van der Waals surface area contributed by atoms with Crippen molar-refractivity contribution in [2.75, 3.05) is 17.6 Å². The molecule has 0 fully saturated rings. The normalized spacial score (nSPS) is 14.7. The van der Waals surface area contributed by atoms with E-state index in [0.29, 0.717) is 5.46 Å². The summed E-state index contributed by atoms with van der Waals surface area (Å²) in [6, 6.07) is 8.70. The first-order valence-electron chi connectivity index (χ1n) is 7.90. The number of hydrogen-bond acceptors (Lipinski definition) is 7. The van der Waals surface area contributed by atoms with Crippen molar-refractivity contribution in [3.05, 3.63) is 47.5 Å². The molecule has 1 unspecified atom stereocenters. The summed E-state index contributed by atoms with van der Waals surface area (Å²) >= 11 is 0. The molecule has 0 aliphatic carbocycles. The number of ether oxygens (including phenoxy) is 1. The Morgan fingerprint density at radius 1 is 1.33 bits per heavy atom. The molecule has 1 aliphatic rings. The first kappa shape index (κ1) is 19.2. The smallest absolute Gasteiger partial charge is 0.423 e. The Labute approximate surface area is 156 Å². The molecule has 9 nitrogen and oxygen atoms in total. The van der Waals surface area contributed by atoms with Crippen molar-refractivity contribution in [2.45, 2.75) is 17.6 Å². The summed E-state index contributed by atoms with van der Waals surface area (Å²) in [6.45, 7) is 0.250. The SMILES string of the molecule is COC(C(N)=O)c1cc(N)ccc1S(=O)(=O)Nc1ccc2c(c1)B(O)OC2. The van der Waals surface area contributed by atoms with Crippen molar-refractivity contribution < 1.29 is 27.6 Å². The summed E-state index contributed by atoms with van der Waals surface area (Å²) in [5.74, 6) is -0.850. The molecule has 0 aromatic heterocycles. The maximum atomic E-state index is 12.9. The van der Waals surface area contributed by atoms with Crippen LogP contribution in [0.4, 0.5) is 11.4 Å². The van der Waals surface area contributed by atoms with E-state index in [0.717, 1.165) is 5.56 Å². The lowest BCUT2D eigenvalue weighted by Gasteiger charge is -2.18. The maximum Gasteiger partial charge on any atom is 0.491 e. The minimum absolute atomic E-state index is 0.0297. The van der Waals surface area contributed by atoms with Crippen LogP contribution in [0.25, 0.3) is 0 Å². The summed E-state index contributed by atoms with van der Waals surface area (Å²) in [6.07, 6.45) is -1.28. The zero-order chi connectivity index (χ0) is 19.8. The van der Waals surface area contributed by atoms with Gasteiger partial charge in [-0.15, -0.1) is 0 Å². The second-order valence-corrected chi connectivity index (χ2v) is 7.65.